The molecule has 19 N–H and O–H groups in total. The molecule has 7 rings (SSSR count). The second-order valence-electron chi connectivity index (χ2n) is 22.0. The second kappa shape index (κ2) is 28.1. The Kier molecular flexibility index (Phi) is 21.4. The van der Waals surface area contributed by atoms with Crippen molar-refractivity contribution in [2.45, 2.75) is 154 Å². The van der Waals surface area contributed by atoms with Gasteiger partial charge in [-0.3, -0.25) is 57.7 Å². The molecule has 0 saturated carbocycles. The Hall–Kier alpha value is -8.79. The molecule has 82 heavy (non-hydrogen) atoms. The molecular weight excluding hydrogens is 1060 g/mol. The van der Waals surface area contributed by atoms with Gasteiger partial charge >= 0.3 is 5.97 Å². The SMILES string of the molecule is CC(C)C[C@@H]1NC(=O)[C@@H](NC(=O)[C@@H]2CCC(=O)N2)[C@H](C(C)C)c2ccc3c4c([nH]c3c2)-n2cnc(c2)C[C@H](C(=O)N[C@@H](CCCN=C(N)N)C(=O)O)NC(=O)CNC(=O)[C@H](CCCN=C(N)N)NC(=O)[C@H](C4)NC(=O)[C@H](C(C)C)NC1=O. The fourth-order valence-electron chi connectivity index (χ4n) is 10.3. The van der Waals surface area contributed by atoms with E-state index >= 15 is 4.79 Å². The molecule has 6 heterocycles. The molecule has 0 aliphatic carbocycles. The number of nitrogens with one attached hydrogen (secondary N) is 10. The number of H-pyrrole nitrogens is 1. The van der Waals surface area contributed by atoms with Crippen LogP contribution in [0.25, 0.3) is 16.7 Å². The summed E-state index contributed by atoms with van der Waals surface area (Å²) in [6.45, 7) is 10.2. The minimum absolute atomic E-state index is 0.0377. The highest BCUT2D eigenvalue weighted by Crippen LogP contribution is 2.35. The lowest BCUT2D eigenvalue weighted by Gasteiger charge is -2.33. The maximum Gasteiger partial charge on any atom is 0.326 e. The summed E-state index contributed by atoms with van der Waals surface area (Å²) in [5.74, 6) is -9.99. The first-order valence-electron chi connectivity index (χ1n) is 27.5. The van der Waals surface area contributed by atoms with Gasteiger partial charge in [-0.1, -0.05) is 53.7 Å². The summed E-state index contributed by atoms with van der Waals surface area (Å²) >= 11 is 0. The molecule has 9 atom stereocenters. The number of carbonyl (C=O) groups excluding carboxylic acids is 9. The average molecular weight is 1140 g/mol. The van der Waals surface area contributed by atoms with E-state index in [9.17, 15) is 48.3 Å². The lowest BCUT2D eigenvalue weighted by atomic mass is 9.81. The molecule has 0 spiro atoms. The Morgan fingerprint density at radius 3 is 2.07 bits per heavy atom. The highest BCUT2D eigenvalue weighted by Gasteiger charge is 2.40. The van der Waals surface area contributed by atoms with E-state index < -0.39 is 120 Å². The molecule has 0 unspecified atom stereocenters. The van der Waals surface area contributed by atoms with Gasteiger partial charge in [0.15, 0.2) is 11.9 Å². The van der Waals surface area contributed by atoms with Gasteiger partial charge in [0, 0.05) is 60.9 Å². The number of amides is 9. The largest absolute Gasteiger partial charge is 0.480 e. The monoisotopic (exact) mass is 1140 g/mol. The molecule has 29 nitrogen and oxygen atoms in total. The number of nitrogens with two attached hydrogens (primary N) is 4. The summed E-state index contributed by atoms with van der Waals surface area (Å²) in [4.78, 5) is 156. The molecule has 1 saturated heterocycles. The summed E-state index contributed by atoms with van der Waals surface area (Å²) in [6.07, 6.45) is 2.94. The van der Waals surface area contributed by atoms with Crippen molar-refractivity contribution in [3.8, 4) is 5.82 Å². The number of hydrogen-bond acceptors (Lipinski definition) is 13. The van der Waals surface area contributed by atoms with E-state index in [4.69, 9.17) is 22.9 Å². The van der Waals surface area contributed by atoms with Crippen LogP contribution in [0.1, 0.15) is 109 Å². The van der Waals surface area contributed by atoms with Crippen molar-refractivity contribution in [1.29, 1.82) is 0 Å². The molecule has 1 fully saturated rings. The number of aromatic nitrogens is 3. The van der Waals surface area contributed by atoms with E-state index in [1.165, 1.54) is 6.33 Å². The molecule has 7 bridgehead atoms. The number of carboxylic acids is 1. The van der Waals surface area contributed by atoms with Crippen molar-refractivity contribution in [2.24, 2.45) is 50.7 Å². The third-order valence-electron chi connectivity index (χ3n) is 14.4. The lowest BCUT2D eigenvalue weighted by molar-refractivity contribution is -0.142. The highest BCUT2D eigenvalue weighted by atomic mass is 16.4. The number of hydrogen-bond donors (Lipinski definition) is 15. The molecule has 4 aliphatic rings. The van der Waals surface area contributed by atoms with Crippen molar-refractivity contribution >= 4 is 82.0 Å². The number of aliphatic imine (C=N–C) groups is 2. The van der Waals surface area contributed by atoms with Gasteiger partial charge in [-0.25, -0.2) is 9.78 Å². The quantitative estimate of drug-likeness (QED) is 0.0275. The highest BCUT2D eigenvalue weighted by molar-refractivity contribution is 6.00. The van der Waals surface area contributed by atoms with Crippen LogP contribution in [-0.4, -0.2) is 159 Å². The van der Waals surface area contributed by atoms with Crippen molar-refractivity contribution in [3.63, 3.8) is 0 Å². The van der Waals surface area contributed by atoms with Gasteiger partial charge in [0.25, 0.3) is 0 Å². The predicted molar refractivity (Wildman–Crippen MR) is 300 cm³/mol. The first-order valence-corrected chi connectivity index (χ1v) is 27.5. The fourth-order valence-corrected chi connectivity index (χ4v) is 10.3. The number of fused-ring (bicyclic) bond motifs is 13. The average Bonchev–Trinajstić information content (AvgIpc) is 3.12. The van der Waals surface area contributed by atoms with Gasteiger partial charge in [-0.15, -0.1) is 0 Å². The van der Waals surface area contributed by atoms with Crippen molar-refractivity contribution in [3.05, 3.63) is 47.5 Å². The topological polar surface area (TPSA) is 462 Å². The number of carbonyl (C=O) groups is 10. The Bertz CT molecular complexity index is 2940. The number of benzene rings is 1. The van der Waals surface area contributed by atoms with Gasteiger partial charge in [0.05, 0.1) is 12.2 Å². The molecule has 1 aromatic carbocycles. The minimum atomic E-state index is -1.49. The zero-order valence-corrected chi connectivity index (χ0v) is 46.9. The first-order chi connectivity index (χ1) is 38.8. The van der Waals surface area contributed by atoms with Crippen LogP contribution in [0.3, 0.4) is 0 Å². The number of aliphatic carboxylic acids is 1. The van der Waals surface area contributed by atoms with Crippen LogP contribution in [0.4, 0.5) is 0 Å². The Morgan fingerprint density at radius 2 is 1.44 bits per heavy atom. The summed E-state index contributed by atoms with van der Waals surface area (Å²) in [5, 5.41) is 35.0. The second-order valence-corrected chi connectivity index (χ2v) is 22.0. The molecule has 446 valence electrons. The van der Waals surface area contributed by atoms with Crippen molar-refractivity contribution in [1.82, 2.24) is 62.4 Å². The lowest BCUT2D eigenvalue weighted by Crippen LogP contribution is -2.61. The number of aromatic amines is 1. The molecular formula is C53H78N18O11. The van der Waals surface area contributed by atoms with Crippen LogP contribution < -0.4 is 70.8 Å². The van der Waals surface area contributed by atoms with Crippen LogP contribution >= 0.6 is 0 Å². The van der Waals surface area contributed by atoms with E-state index in [1.807, 2.05) is 27.7 Å². The number of nitrogens with zero attached hydrogens (tertiary/aromatic N) is 4. The predicted octanol–water partition coefficient (Wildman–Crippen LogP) is -3.11. The number of carboxylic acid groups (broad SMARTS) is 1. The van der Waals surface area contributed by atoms with E-state index in [2.05, 4.69) is 67.8 Å². The fraction of sp³-hybridized carbons (Fsp3) is 0.566. The third-order valence-corrected chi connectivity index (χ3v) is 14.4. The summed E-state index contributed by atoms with van der Waals surface area (Å²) in [7, 11) is 0. The Balaban J connectivity index is 1.55. The van der Waals surface area contributed by atoms with Gasteiger partial charge in [-0.2, -0.15) is 0 Å². The Morgan fingerprint density at radius 1 is 0.756 bits per heavy atom. The van der Waals surface area contributed by atoms with Gasteiger partial charge in [-0.05, 0) is 67.9 Å². The van der Waals surface area contributed by atoms with Crippen molar-refractivity contribution < 1.29 is 53.1 Å². The number of imidazole rings is 1. The van der Waals surface area contributed by atoms with Gasteiger partial charge < -0.3 is 80.9 Å². The Labute approximate surface area is 473 Å². The van der Waals surface area contributed by atoms with Crippen LogP contribution in [0.5, 0.6) is 0 Å². The summed E-state index contributed by atoms with van der Waals surface area (Å²) < 4.78 is 1.56. The summed E-state index contributed by atoms with van der Waals surface area (Å²) in [6, 6.07) is -5.24. The standard InChI is InChI=1S/C53H78N18O11/c1-24(2)17-35-48(78)69-41(26(5)6)49(79)68-37-20-30-29-12-11-27(40(25(3)4)42(50(80)67-35)70-45(75)32-13-14-38(72)62-32)18-34(29)64-43(30)71-22-28(61-23-71)19-36(46(76)66-33(51(81)82)10-8-16-59-53(56)57)63-39(73)21-60-44(74)31(65-47(37)77)9-7-15-58-52(54)55/h11-12,18,22-26,31-33,35-37,40-42,64H,7-10,13-17,19-21H2,1-6H3,(H,60,74)(H,62,72)(H,63,73)(H,65,77)(H,66,76)(H,67,80)(H,68,79)(H,69,78)(H,70,75)(H,81,82)(H4,54,55,58)(H4,56,57,59)/t31-,32-,33-,35-,36+,37-,40+,41-,42-/m0/s1. The smallest absolute Gasteiger partial charge is 0.326 e. The summed E-state index contributed by atoms with van der Waals surface area (Å²) in [5.41, 5.74) is 23.6. The number of rotatable bonds is 17. The molecule has 4 aliphatic heterocycles. The molecule has 9 amide bonds. The minimum Gasteiger partial charge on any atom is -0.480 e. The van der Waals surface area contributed by atoms with E-state index in [1.54, 1.807) is 42.8 Å². The van der Waals surface area contributed by atoms with Crippen LogP contribution in [0, 0.1) is 17.8 Å². The molecule has 2 aromatic heterocycles. The molecule has 29 heteroatoms. The van der Waals surface area contributed by atoms with Crippen LogP contribution in [0.2, 0.25) is 0 Å². The zero-order valence-electron chi connectivity index (χ0n) is 46.9. The van der Waals surface area contributed by atoms with Crippen LogP contribution in [-0.2, 0) is 60.8 Å². The van der Waals surface area contributed by atoms with Crippen molar-refractivity contribution in [2.75, 3.05) is 19.6 Å². The zero-order chi connectivity index (χ0) is 60.1. The maximum atomic E-state index is 15.0. The third kappa shape index (κ3) is 16.6. The van der Waals surface area contributed by atoms with E-state index in [0.29, 0.717) is 27.8 Å². The number of guanidine groups is 2. The van der Waals surface area contributed by atoms with Crippen LogP contribution in [0.15, 0.2) is 40.7 Å². The van der Waals surface area contributed by atoms with Gasteiger partial charge in [0.2, 0.25) is 53.2 Å². The molecule has 3 aromatic rings. The van der Waals surface area contributed by atoms with E-state index in [0.717, 1.165) is 0 Å². The normalized spacial score (nSPS) is 23.4. The maximum absolute atomic E-state index is 15.0. The first kappa shape index (κ1) is 62.4. The van der Waals surface area contributed by atoms with E-state index in [-0.39, 0.29) is 106 Å². The molecule has 0 radical (unpaired) electrons. The van der Waals surface area contributed by atoms with Gasteiger partial charge in [0.1, 0.15) is 60.5 Å².